The summed E-state index contributed by atoms with van der Waals surface area (Å²) in [6.45, 7) is 0. The van der Waals surface area contributed by atoms with Crippen molar-refractivity contribution in [2.24, 2.45) is 0 Å². The van der Waals surface area contributed by atoms with Crippen LogP contribution in [0.4, 0.5) is 13.2 Å². The predicted molar refractivity (Wildman–Crippen MR) is 52.3 cm³/mol. The van der Waals surface area contributed by atoms with Crippen LogP contribution in [0.25, 0.3) is 0 Å². The lowest BCUT2D eigenvalue weighted by Gasteiger charge is -2.37. The second-order valence-electron chi connectivity index (χ2n) is 3.82. The highest BCUT2D eigenvalue weighted by molar-refractivity contribution is 5.81. The quantitative estimate of drug-likeness (QED) is 0.600. The van der Waals surface area contributed by atoms with Crippen molar-refractivity contribution in [3.63, 3.8) is 0 Å². The smallest absolute Gasteiger partial charge is 0.248 e. The SMILES string of the molecule is CON1C(=O)CC1Cc1cc(F)c(F)cc1F. The molecule has 1 saturated heterocycles. The lowest BCUT2D eigenvalue weighted by atomic mass is 9.96. The maximum absolute atomic E-state index is 13.3. The number of amides is 1. The van der Waals surface area contributed by atoms with Gasteiger partial charge in [-0.3, -0.25) is 9.63 Å². The second-order valence-corrected chi connectivity index (χ2v) is 3.82. The monoisotopic (exact) mass is 245 g/mol. The van der Waals surface area contributed by atoms with Crippen molar-refractivity contribution < 1.29 is 22.8 Å². The molecule has 0 spiro atoms. The second kappa shape index (κ2) is 4.37. The van der Waals surface area contributed by atoms with Crippen molar-refractivity contribution in [2.75, 3.05) is 7.11 Å². The summed E-state index contributed by atoms with van der Waals surface area (Å²) in [4.78, 5) is 15.8. The highest BCUT2D eigenvalue weighted by Crippen LogP contribution is 2.25. The molecule has 1 fully saturated rings. The van der Waals surface area contributed by atoms with E-state index in [2.05, 4.69) is 0 Å². The van der Waals surface area contributed by atoms with Gasteiger partial charge in [0.25, 0.3) is 0 Å². The molecule has 0 bridgehead atoms. The fourth-order valence-corrected chi connectivity index (χ4v) is 1.85. The number of hydroxylamine groups is 2. The number of β-lactam (4-membered cyclic amide) rings is 1. The first-order valence-corrected chi connectivity index (χ1v) is 5.02. The Balaban J connectivity index is 2.14. The number of halogens is 3. The number of carbonyl (C=O) groups is 1. The topological polar surface area (TPSA) is 29.5 Å². The van der Waals surface area contributed by atoms with Gasteiger partial charge in [-0.05, 0) is 18.1 Å². The molecule has 92 valence electrons. The zero-order valence-corrected chi connectivity index (χ0v) is 9.04. The number of rotatable bonds is 3. The third-order valence-electron chi connectivity index (χ3n) is 2.73. The molecule has 0 aromatic heterocycles. The Morgan fingerprint density at radius 2 is 1.94 bits per heavy atom. The maximum atomic E-state index is 13.3. The van der Waals surface area contributed by atoms with E-state index in [0.717, 1.165) is 11.1 Å². The van der Waals surface area contributed by atoms with E-state index in [1.165, 1.54) is 7.11 Å². The number of hydrogen-bond donors (Lipinski definition) is 0. The Bertz CT molecular complexity index is 464. The van der Waals surface area contributed by atoms with Gasteiger partial charge >= 0.3 is 0 Å². The minimum absolute atomic E-state index is 0.0310. The average Bonchev–Trinajstić information content (AvgIpc) is 2.25. The fourth-order valence-electron chi connectivity index (χ4n) is 1.85. The van der Waals surface area contributed by atoms with Crippen LogP contribution in [-0.4, -0.2) is 24.1 Å². The molecule has 1 heterocycles. The molecule has 1 aliphatic heterocycles. The van der Waals surface area contributed by atoms with Gasteiger partial charge in [0.15, 0.2) is 11.6 Å². The summed E-state index contributed by atoms with van der Waals surface area (Å²) >= 11 is 0. The number of carbonyl (C=O) groups excluding carboxylic acids is 1. The first kappa shape index (κ1) is 11.9. The minimum atomic E-state index is -1.22. The van der Waals surface area contributed by atoms with E-state index in [1.807, 2.05) is 0 Å². The van der Waals surface area contributed by atoms with Gasteiger partial charge in [-0.1, -0.05) is 0 Å². The summed E-state index contributed by atoms with van der Waals surface area (Å²) in [6, 6.07) is 0.982. The maximum Gasteiger partial charge on any atom is 0.248 e. The first-order valence-electron chi connectivity index (χ1n) is 5.02. The van der Waals surface area contributed by atoms with Gasteiger partial charge < -0.3 is 0 Å². The van der Waals surface area contributed by atoms with Crippen LogP contribution < -0.4 is 0 Å². The molecular formula is C11H10F3NO2. The number of benzene rings is 1. The Hall–Kier alpha value is -1.56. The largest absolute Gasteiger partial charge is 0.274 e. The van der Waals surface area contributed by atoms with E-state index in [0.29, 0.717) is 6.07 Å². The molecule has 1 amide bonds. The van der Waals surface area contributed by atoms with Gasteiger partial charge in [0.05, 0.1) is 19.6 Å². The predicted octanol–water partition coefficient (Wildman–Crippen LogP) is 1.81. The summed E-state index contributed by atoms with van der Waals surface area (Å²) in [5.41, 5.74) is 0.0310. The molecule has 0 aliphatic carbocycles. The van der Waals surface area contributed by atoms with Gasteiger partial charge in [0.1, 0.15) is 5.82 Å². The van der Waals surface area contributed by atoms with Crippen molar-refractivity contribution >= 4 is 5.91 Å². The molecule has 1 atom stereocenters. The lowest BCUT2D eigenvalue weighted by Crippen LogP contribution is -2.52. The molecule has 17 heavy (non-hydrogen) atoms. The third-order valence-corrected chi connectivity index (χ3v) is 2.73. The van der Waals surface area contributed by atoms with Crippen LogP contribution in [0.5, 0.6) is 0 Å². The molecule has 1 unspecified atom stereocenters. The average molecular weight is 245 g/mol. The van der Waals surface area contributed by atoms with E-state index in [4.69, 9.17) is 4.84 Å². The highest BCUT2D eigenvalue weighted by atomic mass is 19.2. The number of hydrogen-bond acceptors (Lipinski definition) is 2. The van der Waals surface area contributed by atoms with Gasteiger partial charge in [-0.15, -0.1) is 0 Å². The summed E-state index contributed by atoms with van der Waals surface area (Å²) < 4.78 is 39.0. The van der Waals surface area contributed by atoms with Crippen molar-refractivity contribution in [2.45, 2.75) is 18.9 Å². The molecule has 0 N–H and O–H groups in total. The summed E-state index contributed by atoms with van der Waals surface area (Å²) in [5.74, 6) is -3.35. The lowest BCUT2D eigenvalue weighted by molar-refractivity contribution is -0.215. The van der Waals surface area contributed by atoms with Gasteiger partial charge in [0, 0.05) is 6.07 Å². The van der Waals surface area contributed by atoms with Crippen LogP contribution in [0.2, 0.25) is 0 Å². The van der Waals surface area contributed by atoms with Gasteiger partial charge in [-0.25, -0.2) is 18.2 Å². The molecule has 1 aromatic rings. The van der Waals surface area contributed by atoms with Crippen LogP contribution in [0.3, 0.4) is 0 Å². The van der Waals surface area contributed by atoms with Gasteiger partial charge in [-0.2, -0.15) is 0 Å². The zero-order valence-electron chi connectivity index (χ0n) is 9.04. The van der Waals surface area contributed by atoms with E-state index in [-0.39, 0.29) is 30.4 Å². The Labute approximate surface area is 95.7 Å². The van der Waals surface area contributed by atoms with E-state index in [1.54, 1.807) is 0 Å². The summed E-state index contributed by atoms with van der Waals surface area (Å²) in [5, 5.41) is 1.10. The molecule has 0 radical (unpaired) electrons. The normalized spacial score (nSPS) is 19.4. The van der Waals surface area contributed by atoms with Crippen molar-refractivity contribution in [1.82, 2.24) is 5.06 Å². The Kier molecular flexibility index (Phi) is 3.06. The van der Waals surface area contributed by atoms with Crippen molar-refractivity contribution in [3.05, 3.63) is 35.1 Å². The fraction of sp³-hybridized carbons (Fsp3) is 0.364. The van der Waals surface area contributed by atoms with Crippen LogP contribution in [0.1, 0.15) is 12.0 Å². The molecule has 1 aromatic carbocycles. The Morgan fingerprint density at radius 1 is 1.29 bits per heavy atom. The molecule has 3 nitrogen and oxygen atoms in total. The van der Waals surface area contributed by atoms with Gasteiger partial charge in [0.2, 0.25) is 5.91 Å². The van der Waals surface area contributed by atoms with E-state index in [9.17, 15) is 18.0 Å². The minimum Gasteiger partial charge on any atom is -0.274 e. The van der Waals surface area contributed by atoms with Crippen LogP contribution in [0, 0.1) is 17.5 Å². The van der Waals surface area contributed by atoms with Crippen LogP contribution in [-0.2, 0) is 16.1 Å². The standard InChI is InChI=1S/C11H10F3NO2/c1-17-15-7(4-11(15)16)2-6-3-9(13)10(14)5-8(6)12/h3,5,7H,2,4H2,1H3. The molecule has 6 heteroatoms. The Morgan fingerprint density at radius 3 is 2.53 bits per heavy atom. The molecule has 0 saturated carbocycles. The third kappa shape index (κ3) is 2.12. The number of nitrogens with zero attached hydrogens (tertiary/aromatic N) is 1. The molecular weight excluding hydrogens is 235 g/mol. The van der Waals surface area contributed by atoms with Crippen molar-refractivity contribution in [1.29, 1.82) is 0 Å². The summed E-state index contributed by atoms with van der Waals surface area (Å²) in [6.07, 6.45) is 0.314. The molecule has 2 rings (SSSR count). The van der Waals surface area contributed by atoms with Crippen LogP contribution >= 0.6 is 0 Å². The highest BCUT2D eigenvalue weighted by Gasteiger charge is 2.37. The summed E-state index contributed by atoms with van der Waals surface area (Å²) in [7, 11) is 1.33. The zero-order chi connectivity index (χ0) is 12.6. The molecule has 1 aliphatic rings. The van der Waals surface area contributed by atoms with E-state index < -0.39 is 17.5 Å². The van der Waals surface area contributed by atoms with Crippen molar-refractivity contribution in [3.8, 4) is 0 Å². The van der Waals surface area contributed by atoms with E-state index >= 15 is 0 Å². The van der Waals surface area contributed by atoms with Crippen LogP contribution in [0.15, 0.2) is 12.1 Å². The first-order chi connectivity index (χ1) is 8.02.